The average Bonchev–Trinajstić information content (AvgIpc) is 2.80. The SMILES string of the molecule is O=[N+]([O-])c1cccc(C2OC[C@@H](O)[C@@H]([C@H]3OC(c4cccc([N+](=O)[O-])c4)OC[C@@H]3O)O2)c1. The summed E-state index contributed by atoms with van der Waals surface area (Å²) in [5, 5.41) is 43.0. The molecule has 0 radical (unpaired) electrons. The van der Waals surface area contributed by atoms with E-state index < -0.39 is 46.8 Å². The highest BCUT2D eigenvalue weighted by Crippen LogP contribution is 2.36. The second kappa shape index (κ2) is 9.24. The number of aliphatic hydroxyl groups is 2. The van der Waals surface area contributed by atoms with Gasteiger partial charge in [-0.3, -0.25) is 20.2 Å². The van der Waals surface area contributed by atoms with Gasteiger partial charge in [0.25, 0.3) is 11.4 Å². The summed E-state index contributed by atoms with van der Waals surface area (Å²) in [4.78, 5) is 21.0. The minimum absolute atomic E-state index is 0.148. The van der Waals surface area contributed by atoms with Gasteiger partial charge in [0.15, 0.2) is 12.6 Å². The van der Waals surface area contributed by atoms with Crippen LogP contribution >= 0.6 is 0 Å². The molecular weight excluding hydrogens is 428 g/mol. The second-order valence-corrected chi connectivity index (χ2v) is 7.37. The summed E-state index contributed by atoms with van der Waals surface area (Å²) in [6.07, 6.45) is -6.47. The Labute approximate surface area is 181 Å². The standard InChI is InChI=1S/C20H20N2O10/c23-15-9-29-19(11-3-1-5-13(7-11)21(25)26)31-17(15)18-16(24)10-30-20(32-18)12-4-2-6-14(8-12)22(27)28/h1-8,15-20,23-24H,9-10H2/t15-,16+,17-,18-,19?,20?/m0/s1. The van der Waals surface area contributed by atoms with Crippen molar-refractivity contribution in [2.45, 2.75) is 37.0 Å². The molecule has 12 heteroatoms. The van der Waals surface area contributed by atoms with Gasteiger partial charge >= 0.3 is 0 Å². The number of ether oxygens (including phenoxy) is 4. The van der Waals surface area contributed by atoms with E-state index in [0.717, 1.165) is 0 Å². The molecule has 0 aliphatic carbocycles. The maximum Gasteiger partial charge on any atom is 0.269 e. The first-order valence-electron chi connectivity index (χ1n) is 9.72. The maximum atomic E-state index is 11.1. The van der Waals surface area contributed by atoms with Gasteiger partial charge in [0.05, 0.1) is 23.1 Å². The van der Waals surface area contributed by atoms with Crippen LogP contribution in [-0.2, 0) is 18.9 Å². The Kier molecular flexibility index (Phi) is 6.41. The quantitative estimate of drug-likeness (QED) is 0.509. The van der Waals surface area contributed by atoms with Crippen LogP contribution in [0.2, 0.25) is 0 Å². The Bertz CT molecular complexity index is 922. The highest BCUT2D eigenvalue weighted by molar-refractivity contribution is 5.35. The van der Waals surface area contributed by atoms with E-state index in [1.165, 1.54) is 36.4 Å². The lowest BCUT2D eigenvalue weighted by molar-refractivity contribution is -0.385. The summed E-state index contributed by atoms with van der Waals surface area (Å²) in [5.41, 5.74) is 0.441. The molecule has 2 N–H and O–H groups in total. The van der Waals surface area contributed by atoms with E-state index in [1.54, 1.807) is 12.1 Å². The number of rotatable bonds is 5. The van der Waals surface area contributed by atoms with Crippen LogP contribution in [0.3, 0.4) is 0 Å². The molecular formula is C20H20N2O10. The lowest BCUT2D eigenvalue weighted by Crippen LogP contribution is -2.55. The van der Waals surface area contributed by atoms with Crippen molar-refractivity contribution in [2.24, 2.45) is 0 Å². The molecule has 170 valence electrons. The van der Waals surface area contributed by atoms with Crippen LogP contribution in [0, 0.1) is 20.2 Å². The molecule has 2 fully saturated rings. The van der Waals surface area contributed by atoms with Crippen LogP contribution in [0.4, 0.5) is 11.4 Å². The first kappa shape index (κ1) is 22.2. The third-order valence-electron chi connectivity index (χ3n) is 5.19. The number of non-ortho nitro benzene ring substituents is 2. The largest absolute Gasteiger partial charge is 0.388 e. The fourth-order valence-electron chi connectivity index (χ4n) is 3.62. The van der Waals surface area contributed by atoms with Gasteiger partial charge in [-0.2, -0.15) is 0 Å². The van der Waals surface area contributed by atoms with E-state index >= 15 is 0 Å². The highest BCUT2D eigenvalue weighted by atomic mass is 16.7. The Balaban J connectivity index is 1.54. The maximum absolute atomic E-state index is 11.1. The average molecular weight is 448 g/mol. The summed E-state index contributed by atoms with van der Waals surface area (Å²) in [6.45, 7) is -0.320. The fourth-order valence-corrected chi connectivity index (χ4v) is 3.62. The van der Waals surface area contributed by atoms with Gasteiger partial charge in [0.2, 0.25) is 0 Å². The number of hydrogen-bond acceptors (Lipinski definition) is 10. The zero-order valence-corrected chi connectivity index (χ0v) is 16.6. The number of nitro groups is 2. The minimum Gasteiger partial charge on any atom is -0.388 e. The number of hydrogen-bond donors (Lipinski definition) is 2. The van der Waals surface area contributed by atoms with E-state index in [4.69, 9.17) is 18.9 Å². The molecule has 2 aromatic rings. The lowest BCUT2D eigenvalue weighted by Gasteiger charge is -2.43. The molecule has 2 aliphatic rings. The van der Waals surface area contributed by atoms with E-state index in [-0.39, 0.29) is 24.6 Å². The van der Waals surface area contributed by atoms with Crippen LogP contribution in [0.25, 0.3) is 0 Å². The van der Waals surface area contributed by atoms with Crippen molar-refractivity contribution in [3.8, 4) is 0 Å². The molecule has 0 spiro atoms. The van der Waals surface area contributed by atoms with Gasteiger partial charge < -0.3 is 29.2 Å². The molecule has 2 aliphatic heterocycles. The summed E-state index contributed by atoms with van der Waals surface area (Å²) in [6, 6.07) is 11.4. The molecule has 32 heavy (non-hydrogen) atoms. The Morgan fingerprint density at radius 1 is 0.750 bits per heavy atom. The molecule has 12 nitrogen and oxygen atoms in total. The smallest absolute Gasteiger partial charge is 0.269 e. The topological polar surface area (TPSA) is 164 Å². The van der Waals surface area contributed by atoms with E-state index in [1.807, 2.05) is 0 Å². The van der Waals surface area contributed by atoms with E-state index in [2.05, 4.69) is 0 Å². The van der Waals surface area contributed by atoms with Crippen LogP contribution in [0.1, 0.15) is 23.7 Å². The molecule has 2 heterocycles. The van der Waals surface area contributed by atoms with E-state index in [0.29, 0.717) is 11.1 Å². The molecule has 0 aromatic heterocycles. The molecule has 2 unspecified atom stereocenters. The van der Waals surface area contributed by atoms with Crippen molar-refractivity contribution in [3.05, 3.63) is 79.9 Å². The normalized spacial score (nSPS) is 30.6. The lowest BCUT2D eigenvalue weighted by atomic mass is 10.0. The van der Waals surface area contributed by atoms with Crippen LogP contribution in [-0.4, -0.2) is 57.7 Å². The molecule has 0 saturated carbocycles. The van der Waals surface area contributed by atoms with E-state index in [9.17, 15) is 30.4 Å². The van der Waals surface area contributed by atoms with Crippen LogP contribution < -0.4 is 0 Å². The van der Waals surface area contributed by atoms with Gasteiger partial charge in [0.1, 0.15) is 24.4 Å². The molecule has 0 amide bonds. The third-order valence-corrected chi connectivity index (χ3v) is 5.19. The number of aliphatic hydroxyl groups excluding tert-OH is 2. The van der Waals surface area contributed by atoms with Gasteiger partial charge in [-0.15, -0.1) is 0 Å². The predicted molar refractivity (Wildman–Crippen MR) is 105 cm³/mol. The highest BCUT2D eigenvalue weighted by Gasteiger charge is 2.45. The zero-order chi connectivity index (χ0) is 22.8. The first-order valence-corrected chi connectivity index (χ1v) is 9.72. The van der Waals surface area contributed by atoms with Crippen molar-refractivity contribution >= 4 is 11.4 Å². The monoisotopic (exact) mass is 448 g/mol. The molecule has 6 atom stereocenters. The van der Waals surface area contributed by atoms with Gasteiger partial charge in [-0.25, -0.2) is 0 Å². The first-order chi connectivity index (χ1) is 15.3. The Morgan fingerprint density at radius 2 is 1.16 bits per heavy atom. The van der Waals surface area contributed by atoms with Crippen molar-refractivity contribution in [2.75, 3.05) is 13.2 Å². The summed E-state index contributed by atoms with van der Waals surface area (Å²) >= 11 is 0. The van der Waals surface area contributed by atoms with Gasteiger partial charge in [-0.05, 0) is 0 Å². The predicted octanol–water partition coefficient (Wildman–Crippen LogP) is 1.75. The Morgan fingerprint density at radius 3 is 1.53 bits per heavy atom. The molecule has 2 aromatic carbocycles. The van der Waals surface area contributed by atoms with Crippen molar-refractivity contribution in [1.29, 1.82) is 0 Å². The summed E-state index contributed by atoms with van der Waals surface area (Å²) in [7, 11) is 0. The molecule has 0 bridgehead atoms. The fraction of sp³-hybridized carbons (Fsp3) is 0.400. The van der Waals surface area contributed by atoms with Crippen molar-refractivity contribution in [3.63, 3.8) is 0 Å². The van der Waals surface area contributed by atoms with Crippen molar-refractivity contribution < 1.29 is 39.0 Å². The number of benzene rings is 2. The second-order valence-electron chi connectivity index (χ2n) is 7.37. The minimum atomic E-state index is -1.16. The number of nitro benzene ring substituents is 2. The van der Waals surface area contributed by atoms with Gasteiger partial charge in [0, 0.05) is 35.4 Å². The third kappa shape index (κ3) is 4.60. The summed E-state index contributed by atoms with van der Waals surface area (Å²) in [5.74, 6) is 0. The van der Waals surface area contributed by atoms with Gasteiger partial charge in [-0.1, -0.05) is 24.3 Å². The van der Waals surface area contributed by atoms with Crippen LogP contribution in [0.15, 0.2) is 48.5 Å². The molecule has 2 saturated heterocycles. The van der Waals surface area contributed by atoms with Crippen LogP contribution in [0.5, 0.6) is 0 Å². The van der Waals surface area contributed by atoms with Crippen molar-refractivity contribution in [1.82, 2.24) is 0 Å². The zero-order valence-electron chi connectivity index (χ0n) is 16.6. The summed E-state index contributed by atoms with van der Waals surface area (Å²) < 4.78 is 22.6. The molecule has 4 rings (SSSR count). The Hall–Kier alpha value is -3.00. The number of nitrogens with zero attached hydrogens (tertiary/aromatic N) is 2.